The first kappa shape index (κ1) is 5.54. The molecule has 0 amide bonds. The highest BCUT2D eigenvalue weighted by molar-refractivity contribution is 5.33. The van der Waals surface area contributed by atoms with E-state index in [4.69, 9.17) is 17.2 Å². The Morgan fingerprint density at radius 1 is 0.667 bits per heavy atom. The molecule has 9 heavy (non-hydrogen) atoms. The maximum Gasteiger partial charge on any atom is 0.226 e. The van der Waals surface area contributed by atoms with Crippen LogP contribution in [0.25, 0.3) is 0 Å². The highest BCUT2D eigenvalue weighted by Gasteiger charge is 1.93. The molecule has 0 aliphatic heterocycles. The molecule has 0 saturated heterocycles. The van der Waals surface area contributed by atoms with Gasteiger partial charge >= 0.3 is 0 Å². The molecular weight excluding hydrogens is 123 g/mol. The quantitative estimate of drug-likeness (QED) is 0.371. The topological polar surface area (TPSA) is 117 Å². The maximum absolute atomic E-state index is 5.14. The number of hydrogen-bond acceptors (Lipinski definition) is 6. The van der Waals surface area contributed by atoms with E-state index in [0.717, 1.165) is 0 Å². The lowest BCUT2D eigenvalue weighted by atomic mass is 10.9. The van der Waals surface area contributed by atoms with Gasteiger partial charge in [0.15, 0.2) is 0 Å². The molecule has 0 saturated carbocycles. The molecule has 6 heteroatoms. The first-order chi connectivity index (χ1) is 4.18. The van der Waals surface area contributed by atoms with Crippen LogP contribution in [0.4, 0.5) is 17.8 Å². The van der Waals surface area contributed by atoms with E-state index in [1.165, 1.54) is 0 Å². The molecule has 6 N–H and O–H groups in total. The van der Waals surface area contributed by atoms with Gasteiger partial charge in [0.25, 0.3) is 0 Å². The summed E-state index contributed by atoms with van der Waals surface area (Å²) in [4.78, 5) is 10.5. The van der Waals surface area contributed by atoms with Gasteiger partial charge in [-0.3, -0.25) is 0 Å². The molecule has 0 radical (unpaired) electrons. The minimum absolute atomic E-state index is 0.0417. The molecule has 0 fully saturated rings. The number of hydrogen-bond donors (Lipinski definition) is 3. The largest absolute Gasteiger partial charge is 0.368 e. The molecule has 6 nitrogen and oxygen atoms in total. The minimum Gasteiger partial charge on any atom is -0.368 e. The highest BCUT2D eigenvalue weighted by atomic mass is 15.6. The second kappa shape index (κ2) is 1.73. The SMILES string of the molecule is [15NH2]c1nc([15NH2])nc([15NH2])n1. The van der Waals surface area contributed by atoms with E-state index in [9.17, 15) is 0 Å². The number of aromatic nitrogens is 3. The van der Waals surface area contributed by atoms with Gasteiger partial charge in [0, 0.05) is 0 Å². The van der Waals surface area contributed by atoms with Crippen LogP contribution >= 0.6 is 0 Å². The van der Waals surface area contributed by atoms with Crippen LogP contribution in [-0.4, -0.2) is 15.0 Å². The van der Waals surface area contributed by atoms with Gasteiger partial charge in [-0.15, -0.1) is 0 Å². The molecule has 1 aromatic heterocycles. The van der Waals surface area contributed by atoms with Crippen molar-refractivity contribution in [1.82, 2.24) is 15.0 Å². The van der Waals surface area contributed by atoms with Crippen LogP contribution in [0.15, 0.2) is 0 Å². The molecule has 0 bridgehead atoms. The van der Waals surface area contributed by atoms with Gasteiger partial charge in [-0.2, -0.15) is 15.0 Å². The van der Waals surface area contributed by atoms with Crippen LogP contribution in [0, 0.1) is 0 Å². The Morgan fingerprint density at radius 3 is 1.11 bits per heavy atom. The van der Waals surface area contributed by atoms with Crippen LogP contribution in [0.5, 0.6) is 0 Å². The van der Waals surface area contributed by atoms with Crippen LogP contribution < -0.4 is 17.2 Å². The Hall–Kier alpha value is -1.59. The standard InChI is InChI=1S/C3H6N6/c4-1-7-2(5)9-3(6)8-1/h(H6,4,5,6,7,8,9)/i4+1,5+1,6+1. The number of nitrogens with two attached hydrogens (primary N) is 3. The van der Waals surface area contributed by atoms with Crippen molar-refractivity contribution in [3.63, 3.8) is 0 Å². The first-order valence-electron chi connectivity index (χ1n) is 2.21. The van der Waals surface area contributed by atoms with Crippen molar-refractivity contribution in [2.24, 2.45) is 0 Å². The van der Waals surface area contributed by atoms with Crippen LogP contribution in [0.1, 0.15) is 0 Å². The van der Waals surface area contributed by atoms with Crippen LogP contribution in [0.2, 0.25) is 0 Å². The van der Waals surface area contributed by atoms with Gasteiger partial charge in [-0.1, -0.05) is 0 Å². The lowest BCUT2D eigenvalue weighted by Gasteiger charge is -1.93. The van der Waals surface area contributed by atoms with E-state index in [1.54, 1.807) is 0 Å². The second-order valence-corrected chi connectivity index (χ2v) is 1.41. The molecule has 1 heterocycles. The maximum atomic E-state index is 5.14. The molecule has 0 unspecified atom stereocenters. The molecular formula is C3H6N6. The summed E-state index contributed by atoms with van der Waals surface area (Å²) in [5.41, 5.74) is 15.4. The molecule has 0 spiro atoms. The molecule has 0 aliphatic rings. The fraction of sp³-hybridized carbons (Fsp3) is 0. The zero-order chi connectivity index (χ0) is 6.85. The van der Waals surface area contributed by atoms with E-state index >= 15 is 0 Å². The van der Waals surface area contributed by atoms with Gasteiger partial charge < -0.3 is 17.2 Å². The summed E-state index contributed by atoms with van der Waals surface area (Å²) in [5, 5.41) is 0. The monoisotopic (exact) mass is 129 g/mol. The summed E-state index contributed by atoms with van der Waals surface area (Å²) in [7, 11) is 0. The van der Waals surface area contributed by atoms with Gasteiger partial charge in [-0.05, 0) is 0 Å². The number of nitrogen functional groups attached to an aromatic ring is 3. The summed E-state index contributed by atoms with van der Waals surface area (Å²) in [6.07, 6.45) is 0. The number of rotatable bonds is 0. The van der Waals surface area contributed by atoms with Gasteiger partial charge in [0.2, 0.25) is 17.8 Å². The van der Waals surface area contributed by atoms with E-state index in [1.807, 2.05) is 0 Å². The zero-order valence-corrected chi connectivity index (χ0v) is 4.57. The lowest BCUT2D eigenvalue weighted by Crippen LogP contribution is -2.05. The van der Waals surface area contributed by atoms with Gasteiger partial charge in [0.1, 0.15) is 0 Å². The summed E-state index contributed by atoms with van der Waals surface area (Å²) in [6.45, 7) is 0. The molecule has 1 aromatic rings. The summed E-state index contributed by atoms with van der Waals surface area (Å²) in [5.74, 6) is 0.125. The molecule has 48 valence electrons. The van der Waals surface area contributed by atoms with Gasteiger partial charge in [-0.25, -0.2) is 0 Å². The number of anilines is 3. The van der Waals surface area contributed by atoms with E-state index in [-0.39, 0.29) is 17.8 Å². The fourth-order valence-corrected chi connectivity index (χ4v) is 0.427. The van der Waals surface area contributed by atoms with Crippen molar-refractivity contribution in [1.29, 1.82) is 0 Å². The predicted molar refractivity (Wildman–Crippen MR) is 33.1 cm³/mol. The van der Waals surface area contributed by atoms with Crippen molar-refractivity contribution < 1.29 is 0 Å². The minimum atomic E-state index is 0.0417. The van der Waals surface area contributed by atoms with Crippen molar-refractivity contribution in [3.8, 4) is 0 Å². The van der Waals surface area contributed by atoms with Gasteiger partial charge in [0.05, 0.1) is 0 Å². The smallest absolute Gasteiger partial charge is 0.226 e. The average molecular weight is 129 g/mol. The van der Waals surface area contributed by atoms with Crippen LogP contribution in [0.3, 0.4) is 0 Å². The fourth-order valence-electron chi connectivity index (χ4n) is 0.427. The van der Waals surface area contributed by atoms with E-state index < -0.39 is 0 Å². The summed E-state index contributed by atoms with van der Waals surface area (Å²) < 4.78 is 0. The van der Waals surface area contributed by atoms with Crippen molar-refractivity contribution in [2.45, 2.75) is 0 Å². The zero-order valence-electron chi connectivity index (χ0n) is 4.57. The van der Waals surface area contributed by atoms with E-state index in [0.29, 0.717) is 0 Å². The van der Waals surface area contributed by atoms with E-state index in [2.05, 4.69) is 15.0 Å². The first-order valence-corrected chi connectivity index (χ1v) is 2.21. The average Bonchev–Trinajstić information content (AvgIpc) is 1.59. The Morgan fingerprint density at radius 2 is 0.889 bits per heavy atom. The highest BCUT2D eigenvalue weighted by Crippen LogP contribution is 1.97. The van der Waals surface area contributed by atoms with Crippen molar-refractivity contribution in [3.05, 3.63) is 0 Å². The summed E-state index contributed by atoms with van der Waals surface area (Å²) in [6, 6.07) is 0. The normalized spacial score (nSPS) is 9.33. The number of nitrogens with zero attached hydrogens (tertiary/aromatic N) is 3. The Labute approximate surface area is 51.1 Å². The third kappa shape index (κ3) is 1.15. The summed E-state index contributed by atoms with van der Waals surface area (Å²) >= 11 is 0. The van der Waals surface area contributed by atoms with Crippen molar-refractivity contribution >= 4 is 17.8 Å². The Bertz CT molecular complexity index is 169. The molecule has 0 aromatic carbocycles. The third-order valence-electron chi connectivity index (χ3n) is 0.687. The second-order valence-electron chi connectivity index (χ2n) is 1.41. The third-order valence-corrected chi connectivity index (χ3v) is 0.687. The molecule has 0 atom stereocenters. The molecule has 0 aliphatic carbocycles. The predicted octanol–water partition coefficient (Wildman–Crippen LogP) is -1.38. The van der Waals surface area contributed by atoms with Crippen molar-refractivity contribution in [2.75, 3.05) is 17.2 Å². The lowest BCUT2D eigenvalue weighted by molar-refractivity contribution is 1.09. The Balaban J connectivity index is 3.17. The van der Waals surface area contributed by atoms with Crippen LogP contribution in [-0.2, 0) is 0 Å². The molecule has 1 rings (SSSR count). The Kier molecular flexibility index (Phi) is 1.07.